The molecular formula is C13H19N3O3. The monoisotopic (exact) mass is 265 g/mol. The highest BCUT2D eigenvalue weighted by atomic mass is 16.5. The van der Waals surface area contributed by atoms with Crippen LogP contribution in [0.2, 0.25) is 0 Å². The van der Waals surface area contributed by atoms with E-state index in [0.717, 1.165) is 5.69 Å². The number of nitrogens with two attached hydrogens (primary N) is 1. The van der Waals surface area contributed by atoms with Crippen molar-refractivity contribution in [3.63, 3.8) is 0 Å². The maximum absolute atomic E-state index is 11.8. The Morgan fingerprint density at radius 2 is 2.05 bits per heavy atom. The molecule has 6 nitrogen and oxygen atoms in total. The van der Waals surface area contributed by atoms with E-state index in [1.165, 1.54) is 7.11 Å². The summed E-state index contributed by atoms with van der Waals surface area (Å²) in [6.07, 6.45) is 0.146. The Morgan fingerprint density at radius 3 is 2.58 bits per heavy atom. The van der Waals surface area contributed by atoms with Gasteiger partial charge in [0.1, 0.15) is 0 Å². The molecular weight excluding hydrogens is 246 g/mol. The van der Waals surface area contributed by atoms with Gasteiger partial charge in [0.25, 0.3) is 5.91 Å². The molecule has 6 heteroatoms. The highest BCUT2D eigenvalue weighted by Crippen LogP contribution is 2.22. The first kappa shape index (κ1) is 14.8. The minimum atomic E-state index is -0.359. The van der Waals surface area contributed by atoms with E-state index in [1.807, 2.05) is 19.0 Å². The second-order valence-electron chi connectivity index (χ2n) is 4.25. The third-order valence-corrected chi connectivity index (χ3v) is 2.61. The van der Waals surface area contributed by atoms with Crippen molar-refractivity contribution in [2.75, 3.05) is 38.4 Å². The SMILES string of the molecule is COC(=O)CCNC(=O)c1ccc(N(C)C)c(N)c1. The quantitative estimate of drug-likeness (QED) is 0.602. The van der Waals surface area contributed by atoms with Gasteiger partial charge in [0.05, 0.1) is 24.9 Å². The molecule has 1 rings (SSSR count). The summed E-state index contributed by atoms with van der Waals surface area (Å²) in [6, 6.07) is 5.09. The van der Waals surface area contributed by atoms with Gasteiger partial charge in [0.2, 0.25) is 0 Å². The summed E-state index contributed by atoms with van der Waals surface area (Å²) < 4.78 is 4.48. The number of anilines is 2. The molecule has 0 saturated carbocycles. The number of amides is 1. The zero-order valence-corrected chi connectivity index (χ0v) is 11.4. The standard InChI is InChI=1S/C13H19N3O3/c1-16(2)11-5-4-9(8-10(11)14)13(18)15-7-6-12(17)19-3/h4-5,8H,6-7,14H2,1-3H3,(H,15,18). The Kier molecular flexibility index (Phi) is 5.17. The van der Waals surface area contributed by atoms with Crippen LogP contribution in [0, 0.1) is 0 Å². The molecule has 0 saturated heterocycles. The highest BCUT2D eigenvalue weighted by Gasteiger charge is 2.09. The fourth-order valence-electron chi connectivity index (χ4n) is 1.59. The van der Waals surface area contributed by atoms with Gasteiger partial charge in [-0.15, -0.1) is 0 Å². The van der Waals surface area contributed by atoms with Gasteiger partial charge in [-0.2, -0.15) is 0 Å². The summed E-state index contributed by atoms with van der Waals surface area (Å²) in [5.74, 6) is -0.622. The first-order valence-electron chi connectivity index (χ1n) is 5.87. The van der Waals surface area contributed by atoms with Gasteiger partial charge in [-0.3, -0.25) is 9.59 Å². The molecule has 0 aliphatic heterocycles. The van der Waals surface area contributed by atoms with E-state index >= 15 is 0 Å². The van der Waals surface area contributed by atoms with Crippen molar-refractivity contribution in [3.8, 4) is 0 Å². The molecule has 0 fully saturated rings. The Bertz CT molecular complexity index is 472. The van der Waals surface area contributed by atoms with Gasteiger partial charge in [-0.05, 0) is 18.2 Å². The number of nitrogen functional groups attached to an aromatic ring is 1. The Morgan fingerprint density at radius 1 is 1.37 bits per heavy atom. The van der Waals surface area contributed by atoms with Crippen LogP contribution < -0.4 is 16.0 Å². The molecule has 104 valence electrons. The number of carbonyl (C=O) groups excluding carboxylic acids is 2. The maximum atomic E-state index is 11.8. The minimum absolute atomic E-state index is 0.146. The number of nitrogens with zero attached hydrogens (tertiary/aromatic N) is 1. The van der Waals surface area contributed by atoms with Crippen LogP contribution in [-0.4, -0.2) is 39.6 Å². The summed E-state index contributed by atoms with van der Waals surface area (Å²) in [5.41, 5.74) is 7.71. The van der Waals surface area contributed by atoms with Crippen molar-refractivity contribution in [1.29, 1.82) is 0 Å². The molecule has 0 bridgehead atoms. The van der Waals surface area contributed by atoms with Crippen LogP contribution in [0.4, 0.5) is 11.4 Å². The molecule has 0 aromatic heterocycles. The van der Waals surface area contributed by atoms with Gasteiger partial charge in [0, 0.05) is 26.2 Å². The van der Waals surface area contributed by atoms with Gasteiger partial charge < -0.3 is 20.7 Å². The number of nitrogens with one attached hydrogen (secondary N) is 1. The third kappa shape index (κ3) is 4.17. The summed E-state index contributed by atoms with van der Waals surface area (Å²) >= 11 is 0. The molecule has 3 N–H and O–H groups in total. The molecule has 19 heavy (non-hydrogen) atoms. The van der Waals surface area contributed by atoms with Crippen molar-refractivity contribution in [2.24, 2.45) is 0 Å². The predicted molar refractivity (Wildman–Crippen MR) is 74.1 cm³/mol. The zero-order valence-electron chi connectivity index (χ0n) is 11.4. The Hall–Kier alpha value is -2.24. The van der Waals surface area contributed by atoms with E-state index in [2.05, 4.69) is 10.1 Å². The third-order valence-electron chi connectivity index (χ3n) is 2.61. The fourth-order valence-corrected chi connectivity index (χ4v) is 1.59. The van der Waals surface area contributed by atoms with Crippen molar-refractivity contribution < 1.29 is 14.3 Å². The largest absolute Gasteiger partial charge is 0.469 e. The first-order chi connectivity index (χ1) is 8.95. The molecule has 0 aliphatic rings. The van der Waals surface area contributed by atoms with Crippen molar-refractivity contribution in [2.45, 2.75) is 6.42 Å². The predicted octanol–water partition coefficient (Wildman–Crippen LogP) is 0.628. The summed E-state index contributed by atoms with van der Waals surface area (Å²) in [5, 5.41) is 2.63. The van der Waals surface area contributed by atoms with E-state index in [0.29, 0.717) is 11.3 Å². The lowest BCUT2D eigenvalue weighted by Crippen LogP contribution is -2.26. The molecule has 1 aromatic carbocycles. The van der Waals surface area contributed by atoms with Crippen LogP contribution in [0.25, 0.3) is 0 Å². The van der Waals surface area contributed by atoms with Crippen molar-refractivity contribution in [3.05, 3.63) is 23.8 Å². The number of esters is 1. The zero-order chi connectivity index (χ0) is 14.4. The van der Waals surface area contributed by atoms with Gasteiger partial charge in [0.15, 0.2) is 0 Å². The molecule has 0 radical (unpaired) electrons. The van der Waals surface area contributed by atoms with Gasteiger partial charge in [-0.1, -0.05) is 0 Å². The average molecular weight is 265 g/mol. The van der Waals surface area contributed by atoms with Crippen molar-refractivity contribution >= 4 is 23.3 Å². The van der Waals surface area contributed by atoms with Gasteiger partial charge >= 0.3 is 5.97 Å². The first-order valence-corrected chi connectivity index (χ1v) is 5.87. The molecule has 0 atom stereocenters. The lowest BCUT2D eigenvalue weighted by Gasteiger charge is -2.15. The van der Waals surface area contributed by atoms with Crippen LogP contribution in [-0.2, 0) is 9.53 Å². The van der Waals surface area contributed by atoms with Crippen LogP contribution in [0.3, 0.4) is 0 Å². The number of carbonyl (C=O) groups is 2. The Labute approximate surface area is 112 Å². The number of hydrogen-bond donors (Lipinski definition) is 2. The van der Waals surface area contributed by atoms with E-state index < -0.39 is 0 Å². The number of methoxy groups -OCH3 is 1. The highest BCUT2D eigenvalue weighted by molar-refractivity contribution is 5.96. The molecule has 0 heterocycles. The molecule has 1 aromatic rings. The summed E-state index contributed by atoms with van der Waals surface area (Å²) in [6.45, 7) is 0.237. The van der Waals surface area contributed by atoms with Crippen LogP contribution >= 0.6 is 0 Å². The average Bonchev–Trinajstić information content (AvgIpc) is 2.37. The summed E-state index contributed by atoms with van der Waals surface area (Å²) in [4.78, 5) is 24.6. The van der Waals surface area contributed by atoms with E-state index in [4.69, 9.17) is 5.73 Å². The molecule has 0 aliphatic carbocycles. The van der Waals surface area contributed by atoms with Crippen molar-refractivity contribution in [1.82, 2.24) is 5.32 Å². The smallest absolute Gasteiger partial charge is 0.307 e. The number of benzene rings is 1. The van der Waals surface area contributed by atoms with Crippen LogP contribution in [0.1, 0.15) is 16.8 Å². The minimum Gasteiger partial charge on any atom is -0.469 e. The maximum Gasteiger partial charge on any atom is 0.307 e. The van der Waals surface area contributed by atoms with Crippen LogP contribution in [0.5, 0.6) is 0 Å². The van der Waals surface area contributed by atoms with Crippen LogP contribution in [0.15, 0.2) is 18.2 Å². The second kappa shape index (κ2) is 6.63. The Balaban J connectivity index is 2.63. The van der Waals surface area contributed by atoms with E-state index in [-0.39, 0.29) is 24.8 Å². The topological polar surface area (TPSA) is 84.7 Å². The number of rotatable bonds is 5. The number of ether oxygens (including phenoxy) is 1. The number of hydrogen-bond acceptors (Lipinski definition) is 5. The molecule has 0 spiro atoms. The molecule has 1 amide bonds. The fraction of sp³-hybridized carbons (Fsp3) is 0.385. The normalized spacial score (nSPS) is 9.84. The summed E-state index contributed by atoms with van der Waals surface area (Å²) in [7, 11) is 5.06. The lowest BCUT2D eigenvalue weighted by molar-refractivity contribution is -0.140. The second-order valence-corrected chi connectivity index (χ2v) is 4.25. The van der Waals surface area contributed by atoms with E-state index in [9.17, 15) is 9.59 Å². The lowest BCUT2D eigenvalue weighted by atomic mass is 10.1. The van der Waals surface area contributed by atoms with Gasteiger partial charge in [-0.25, -0.2) is 0 Å². The van der Waals surface area contributed by atoms with E-state index in [1.54, 1.807) is 18.2 Å². The molecule has 0 unspecified atom stereocenters.